The number of carbonyl (C=O) groups is 2. The van der Waals surface area contributed by atoms with Crippen molar-refractivity contribution >= 4 is 11.9 Å². The van der Waals surface area contributed by atoms with E-state index in [9.17, 15) is 14.7 Å². The van der Waals surface area contributed by atoms with Crippen molar-refractivity contribution in [1.29, 1.82) is 0 Å². The molecule has 1 aromatic carbocycles. The van der Waals surface area contributed by atoms with Gasteiger partial charge in [-0.1, -0.05) is 43.9 Å². The highest BCUT2D eigenvalue weighted by Crippen LogP contribution is 2.23. The number of carboxylic acids is 1. The van der Waals surface area contributed by atoms with E-state index in [-0.39, 0.29) is 18.6 Å². The molecule has 22 heavy (non-hydrogen) atoms. The second-order valence-electron chi connectivity index (χ2n) is 5.71. The van der Waals surface area contributed by atoms with Crippen molar-refractivity contribution in [3.63, 3.8) is 0 Å². The molecule has 5 nitrogen and oxygen atoms in total. The van der Waals surface area contributed by atoms with E-state index in [1.807, 2.05) is 18.2 Å². The van der Waals surface area contributed by atoms with Gasteiger partial charge < -0.3 is 15.2 Å². The molecule has 0 aliphatic heterocycles. The van der Waals surface area contributed by atoms with Crippen LogP contribution in [0.3, 0.4) is 0 Å². The van der Waals surface area contributed by atoms with Crippen LogP contribution >= 0.6 is 0 Å². The zero-order valence-electron chi connectivity index (χ0n) is 12.7. The molecule has 0 bridgehead atoms. The minimum absolute atomic E-state index is 0.0904. The van der Waals surface area contributed by atoms with Crippen LogP contribution in [0.25, 0.3) is 0 Å². The van der Waals surface area contributed by atoms with E-state index in [4.69, 9.17) is 4.74 Å². The first-order valence-corrected chi connectivity index (χ1v) is 7.87. The summed E-state index contributed by atoms with van der Waals surface area (Å²) in [4.78, 5) is 23.4. The maximum atomic E-state index is 12.0. The predicted molar refractivity (Wildman–Crippen MR) is 82.7 cm³/mol. The van der Waals surface area contributed by atoms with Gasteiger partial charge in [0.05, 0.1) is 5.92 Å². The molecule has 1 aromatic rings. The zero-order chi connectivity index (χ0) is 15.8. The summed E-state index contributed by atoms with van der Waals surface area (Å²) in [5.41, 5.74) is 0. The first kappa shape index (κ1) is 16.3. The Balaban J connectivity index is 1.87. The van der Waals surface area contributed by atoms with E-state index in [2.05, 4.69) is 5.32 Å². The van der Waals surface area contributed by atoms with Gasteiger partial charge in [-0.2, -0.15) is 0 Å². The lowest BCUT2D eigenvalue weighted by molar-refractivity contribution is -0.143. The SMILES string of the molecule is O=C(COc1ccccc1)NC1CCCCCCC1C(=O)O. The fourth-order valence-electron chi connectivity index (χ4n) is 2.87. The number of aliphatic carboxylic acids is 1. The number of rotatable bonds is 5. The van der Waals surface area contributed by atoms with E-state index in [1.54, 1.807) is 12.1 Å². The smallest absolute Gasteiger partial charge is 0.308 e. The van der Waals surface area contributed by atoms with Gasteiger partial charge in [0, 0.05) is 6.04 Å². The number of para-hydroxylation sites is 1. The number of ether oxygens (including phenoxy) is 1. The van der Waals surface area contributed by atoms with Crippen LogP contribution in [0.5, 0.6) is 5.75 Å². The van der Waals surface area contributed by atoms with Crippen molar-refractivity contribution in [3.05, 3.63) is 30.3 Å². The normalized spacial score (nSPS) is 22.2. The molecule has 0 aromatic heterocycles. The van der Waals surface area contributed by atoms with Crippen molar-refractivity contribution in [2.45, 2.75) is 44.6 Å². The summed E-state index contributed by atoms with van der Waals surface area (Å²) in [6.45, 7) is -0.0904. The first-order chi connectivity index (χ1) is 10.7. The highest BCUT2D eigenvalue weighted by molar-refractivity contribution is 5.79. The largest absolute Gasteiger partial charge is 0.484 e. The van der Waals surface area contributed by atoms with E-state index >= 15 is 0 Å². The van der Waals surface area contributed by atoms with Crippen molar-refractivity contribution in [3.8, 4) is 5.75 Å². The zero-order valence-corrected chi connectivity index (χ0v) is 12.7. The molecule has 2 rings (SSSR count). The molecule has 1 fully saturated rings. The van der Waals surface area contributed by atoms with Crippen LogP contribution in [-0.2, 0) is 9.59 Å². The standard InChI is InChI=1S/C17H23NO4/c19-16(12-22-13-8-4-3-5-9-13)18-15-11-7-2-1-6-10-14(15)17(20)21/h3-5,8-9,14-15H,1-2,6-7,10-12H2,(H,18,19)(H,20,21). The highest BCUT2D eigenvalue weighted by atomic mass is 16.5. The van der Waals surface area contributed by atoms with Crippen molar-refractivity contribution in [2.24, 2.45) is 5.92 Å². The third-order valence-electron chi connectivity index (χ3n) is 4.04. The molecule has 1 aliphatic carbocycles. The van der Waals surface area contributed by atoms with Crippen LogP contribution in [0.1, 0.15) is 38.5 Å². The molecule has 2 unspecified atom stereocenters. The van der Waals surface area contributed by atoms with E-state index in [0.717, 1.165) is 25.7 Å². The molecule has 120 valence electrons. The Morgan fingerprint density at radius 2 is 1.77 bits per heavy atom. The predicted octanol–water partition coefficient (Wildman–Crippen LogP) is 2.61. The van der Waals surface area contributed by atoms with E-state index < -0.39 is 11.9 Å². The average Bonchev–Trinajstić information content (AvgIpc) is 2.49. The van der Waals surface area contributed by atoms with Gasteiger partial charge in [0.2, 0.25) is 0 Å². The van der Waals surface area contributed by atoms with Gasteiger partial charge in [-0.05, 0) is 25.0 Å². The van der Waals surface area contributed by atoms with Gasteiger partial charge >= 0.3 is 5.97 Å². The molecule has 0 heterocycles. The Hall–Kier alpha value is -2.04. The summed E-state index contributed by atoms with van der Waals surface area (Å²) < 4.78 is 5.40. The van der Waals surface area contributed by atoms with Crippen LogP contribution in [0.15, 0.2) is 30.3 Å². The van der Waals surface area contributed by atoms with Gasteiger partial charge in [0.1, 0.15) is 5.75 Å². The maximum Gasteiger partial charge on any atom is 0.308 e. The Labute approximate surface area is 130 Å². The molecule has 0 saturated heterocycles. The van der Waals surface area contributed by atoms with E-state index in [0.29, 0.717) is 18.6 Å². The van der Waals surface area contributed by atoms with Gasteiger partial charge in [0.25, 0.3) is 5.91 Å². The van der Waals surface area contributed by atoms with Crippen LogP contribution in [-0.4, -0.2) is 29.6 Å². The minimum Gasteiger partial charge on any atom is -0.484 e. The quantitative estimate of drug-likeness (QED) is 0.877. The van der Waals surface area contributed by atoms with Crippen LogP contribution in [0, 0.1) is 5.92 Å². The van der Waals surface area contributed by atoms with Crippen LogP contribution < -0.4 is 10.1 Å². The van der Waals surface area contributed by atoms with Gasteiger partial charge in [-0.25, -0.2) is 0 Å². The lowest BCUT2D eigenvalue weighted by Gasteiger charge is -2.27. The van der Waals surface area contributed by atoms with Gasteiger partial charge in [-0.15, -0.1) is 0 Å². The van der Waals surface area contributed by atoms with Crippen molar-refractivity contribution in [1.82, 2.24) is 5.32 Å². The fourth-order valence-corrected chi connectivity index (χ4v) is 2.87. The first-order valence-electron chi connectivity index (χ1n) is 7.87. The average molecular weight is 305 g/mol. The Morgan fingerprint density at radius 1 is 1.09 bits per heavy atom. The highest BCUT2D eigenvalue weighted by Gasteiger charge is 2.29. The molecule has 1 amide bonds. The number of benzene rings is 1. The molecular weight excluding hydrogens is 282 g/mol. The fraction of sp³-hybridized carbons (Fsp3) is 0.529. The Kier molecular flexibility index (Phi) is 6.25. The molecule has 5 heteroatoms. The second kappa shape index (κ2) is 8.41. The third kappa shape index (κ3) is 5.06. The van der Waals surface area contributed by atoms with Crippen molar-refractivity contribution in [2.75, 3.05) is 6.61 Å². The van der Waals surface area contributed by atoms with Crippen LogP contribution in [0.4, 0.5) is 0 Å². The number of amides is 1. The summed E-state index contributed by atoms with van der Waals surface area (Å²) in [6, 6.07) is 8.81. The lowest BCUT2D eigenvalue weighted by Crippen LogP contribution is -2.45. The third-order valence-corrected chi connectivity index (χ3v) is 4.04. The summed E-state index contributed by atoms with van der Waals surface area (Å²) in [5, 5.41) is 12.2. The summed E-state index contributed by atoms with van der Waals surface area (Å²) >= 11 is 0. The molecule has 2 N–H and O–H groups in total. The molecule has 0 spiro atoms. The lowest BCUT2D eigenvalue weighted by atomic mass is 9.87. The Morgan fingerprint density at radius 3 is 2.45 bits per heavy atom. The van der Waals surface area contributed by atoms with Gasteiger partial charge in [0.15, 0.2) is 6.61 Å². The van der Waals surface area contributed by atoms with Crippen molar-refractivity contribution < 1.29 is 19.4 Å². The summed E-state index contributed by atoms with van der Waals surface area (Å²) in [6.07, 6.45) is 5.37. The monoisotopic (exact) mass is 305 g/mol. The summed E-state index contributed by atoms with van der Waals surface area (Å²) in [5.74, 6) is -0.956. The number of carbonyl (C=O) groups excluding carboxylic acids is 1. The molecule has 1 saturated carbocycles. The number of hydrogen-bond donors (Lipinski definition) is 2. The topological polar surface area (TPSA) is 75.6 Å². The number of carboxylic acid groups (broad SMARTS) is 1. The summed E-state index contributed by atoms with van der Waals surface area (Å²) in [7, 11) is 0. The van der Waals surface area contributed by atoms with E-state index in [1.165, 1.54) is 0 Å². The Bertz CT molecular complexity index is 489. The molecule has 0 radical (unpaired) electrons. The van der Waals surface area contributed by atoms with Gasteiger partial charge in [-0.3, -0.25) is 9.59 Å². The molecule has 1 aliphatic rings. The molecular formula is C17H23NO4. The number of nitrogens with one attached hydrogen (secondary N) is 1. The maximum absolute atomic E-state index is 12.0. The second-order valence-corrected chi connectivity index (χ2v) is 5.71. The molecule has 2 atom stereocenters. The minimum atomic E-state index is -0.823. The number of hydrogen-bond acceptors (Lipinski definition) is 3. The van der Waals surface area contributed by atoms with Crippen LogP contribution in [0.2, 0.25) is 0 Å².